The van der Waals surface area contributed by atoms with Gasteiger partial charge in [-0.25, -0.2) is 0 Å². The van der Waals surface area contributed by atoms with Gasteiger partial charge in [-0.3, -0.25) is 0 Å². The molecule has 0 bridgehead atoms. The summed E-state index contributed by atoms with van der Waals surface area (Å²) in [6, 6.07) is 0. The second kappa shape index (κ2) is 24.9. The molecule has 0 amide bonds. The van der Waals surface area contributed by atoms with E-state index >= 15 is 0 Å². The summed E-state index contributed by atoms with van der Waals surface area (Å²) in [4.78, 5) is 37.2. The van der Waals surface area contributed by atoms with E-state index in [2.05, 4.69) is 13.8 Å². The Balaban J connectivity index is 4.85. The Kier molecular flexibility index (Phi) is 25.2. The fourth-order valence-electron chi connectivity index (χ4n) is 4.28. The molecule has 0 radical (unpaired) electrons. The van der Waals surface area contributed by atoms with Crippen LogP contribution in [0, 0.1) is 5.41 Å². The van der Waals surface area contributed by atoms with E-state index in [1.165, 1.54) is 70.6 Å². The third-order valence-corrected chi connectivity index (χ3v) is 7.29. The predicted octanol–water partition coefficient (Wildman–Crippen LogP) is 6.48. The second-order valence-corrected chi connectivity index (χ2v) is 11.2. The number of unbranched alkanes of at least 4 members (excludes halogenated alkanes) is 14. The Morgan fingerprint density at radius 2 is 1.00 bits per heavy atom. The maximum atomic E-state index is 10.3. The molecule has 1 unspecified atom stereocenters. The molecule has 35 heavy (non-hydrogen) atoms. The van der Waals surface area contributed by atoms with Crippen molar-refractivity contribution in [2.24, 2.45) is 5.41 Å². The van der Waals surface area contributed by atoms with Crippen molar-refractivity contribution >= 4 is 17.2 Å². The van der Waals surface area contributed by atoms with Crippen molar-refractivity contribution < 1.29 is 38.5 Å². The lowest BCUT2D eigenvalue weighted by atomic mass is 9.81. The maximum Gasteiger partial charge on any atom is 0.327 e. The fraction of sp³-hybridized carbons (Fsp3) is 1.00. The smallest absolute Gasteiger partial charge is 0.327 e. The van der Waals surface area contributed by atoms with Crippen LogP contribution in [0.4, 0.5) is 0 Å². The van der Waals surface area contributed by atoms with Crippen molar-refractivity contribution in [3.8, 4) is 0 Å². The summed E-state index contributed by atoms with van der Waals surface area (Å²) in [5, 5.41) is 10.3. The average Bonchev–Trinajstić information content (AvgIpc) is 2.83. The first-order chi connectivity index (χ1) is 16.9. The van der Waals surface area contributed by atoms with Gasteiger partial charge < -0.3 is 38.5 Å². The molecule has 0 aromatic heterocycles. The van der Waals surface area contributed by atoms with Crippen molar-refractivity contribution in [2.75, 3.05) is 26.4 Å². The van der Waals surface area contributed by atoms with Crippen LogP contribution in [0.5, 0.6) is 0 Å². The summed E-state index contributed by atoms with van der Waals surface area (Å²) in [6.45, 7) is 4.16. The van der Waals surface area contributed by atoms with Crippen LogP contribution in [-0.2, 0) is 13.8 Å². The zero-order valence-corrected chi connectivity index (χ0v) is 24.1. The topological polar surface area (TPSA) is 129 Å². The molecule has 0 fully saturated rings. The number of aliphatic hydroxyl groups is 1. The Morgan fingerprint density at radius 3 is 1.40 bits per heavy atom. The molecular weight excluding hydrogens is 490 g/mol. The van der Waals surface area contributed by atoms with Crippen LogP contribution in [0.3, 0.4) is 0 Å². The fourth-order valence-corrected chi connectivity index (χ4v) is 5.03. The summed E-state index contributed by atoms with van der Waals surface area (Å²) in [6.07, 6.45) is 19.0. The Bertz CT molecular complexity index is 432. The molecule has 0 saturated heterocycles. The summed E-state index contributed by atoms with van der Waals surface area (Å²) in [5.74, 6) is 0. The summed E-state index contributed by atoms with van der Waals surface area (Å²) >= 11 is 0. The van der Waals surface area contributed by atoms with E-state index in [0.29, 0.717) is 13.0 Å². The van der Waals surface area contributed by atoms with E-state index in [1.807, 2.05) is 0 Å². The molecule has 0 heterocycles. The number of aliphatic hydroxyl groups excluding tert-OH is 1. The van der Waals surface area contributed by atoms with Gasteiger partial charge in [-0.1, -0.05) is 110 Å². The first-order valence-corrected chi connectivity index (χ1v) is 16.1. The van der Waals surface area contributed by atoms with Crippen molar-refractivity contribution in [2.45, 2.75) is 129 Å². The standard InChI is InChI=1S/C25H54O8P2/c1-3-5-7-9-11-13-15-17-19-24(31-20-18-16-14-12-10-8-6-4-2)25(21-26,22-32-34(27)28)23-33-35(29)30/h24,26-30H,3-23H2,1-2H3. The van der Waals surface area contributed by atoms with Crippen molar-refractivity contribution in [1.29, 1.82) is 0 Å². The van der Waals surface area contributed by atoms with Gasteiger partial charge in [0.05, 0.1) is 31.3 Å². The van der Waals surface area contributed by atoms with Crippen LogP contribution >= 0.6 is 17.2 Å². The molecule has 1 atom stereocenters. The van der Waals surface area contributed by atoms with Crippen LogP contribution in [0.25, 0.3) is 0 Å². The minimum Gasteiger partial charge on any atom is -0.396 e. The second-order valence-electron chi connectivity index (χ2n) is 9.67. The molecule has 10 heteroatoms. The average molecular weight is 545 g/mol. The molecule has 0 aromatic rings. The minimum atomic E-state index is -2.62. The third-order valence-electron chi connectivity index (χ3n) is 6.57. The van der Waals surface area contributed by atoms with Gasteiger partial charge in [0, 0.05) is 6.61 Å². The summed E-state index contributed by atoms with van der Waals surface area (Å²) < 4.78 is 16.4. The Hall–Kier alpha value is 0.540. The zero-order chi connectivity index (χ0) is 26.2. The highest BCUT2D eigenvalue weighted by molar-refractivity contribution is 7.39. The predicted molar refractivity (Wildman–Crippen MR) is 144 cm³/mol. The third kappa shape index (κ3) is 20.2. The molecule has 0 aliphatic rings. The summed E-state index contributed by atoms with van der Waals surface area (Å²) in [5.41, 5.74) is -1.11. The SMILES string of the molecule is CCCCCCCCCCOC(CCCCCCCCCC)C(CO)(COP(O)O)COP(O)O. The lowest BCUT2D eigenvalue weighted by molar-refractivity contribution is -0.111. The molecular formula is C25H54O8P2. The molecule has 8 nitrogen and oxygen atoms in total. The van der Waals surface area contributed by atoms with E-state index in [4.69, 9.17) is 13.8 Å². The summed E-state index contributed by atoms with van der Waals surface area (Å²) in [7, 11) is -5.23. The highest BCUT2D eigenvalue weighted by atomic mass is 31.2. The highest BCUT2D eigenvalue weighted by Crippen LogP contribution is 2.38. The maximum absolute atomic E-state index is 10.3. The van der Waals surface area contributed by atoms with E-state index in [1.54, 1.807) is 0 Å². The monoisotopic (exact) mass is 544 g/mol. The molecule has 212 valence electrons. The largest absolute Gasteiger partial charge is 0.396 e. The molecule has 0 saturated carbocycles. The van der Waals surface area contributed by atoms with Crippen LogP contribution in [-0.4, -0.2) is 57.2 Å². The van der Waals surface area contributed by atoms with Gasteiger partial charge in [0.25, 0.3) is 0 Å². The van der Waals surface area contributed by atoms with E-state index in [-0.39, 0.29) is 13.2 Å². The van der Waals surface area contributed by atoms with E-state index in [0.717, 1.165) is 32.1 Å². The molecule has 0 aromatic carbocycles. The van der Waals surface area contributed by atoms with E-state index in [9.17, 15) is 24.7 Å². The van der Waals surface area contributed by atoms with Gasteiger partial charge in [-0.05, 0) is 12.8 Å². The van der Waals surface area contributed by atoms with Crippen molar-refractivity contribution in [3.05, 3.63) is 0 Å². The quantitative estimate of drug-likeness (QED) is 0.0587. The number of rotatable bonds is 27. The lowest BCUT2D eigenvalue weighted by Crippen LogP contribution is -2.47. The first kappa shape index (κ1) is 35.5. The molecule has 5 N–H and O–H groups in total. The van der Waals surface area contributed by atoms with Gasteiger partial charge in [0.1, 0.15) is 0 Å². The number of hydrogen-bond acceptors (Lipinski definition) is 8. The minimum absolute atomic E-state index is 0.204. The number of hydrogen-bond donors (Lipinski definition) is 5. The van der Waals surface area contributed by atoms with Gasteiger partial charge in [-0.15, -0.1) is 0 Å². The van der Waals surface area contributed by atoms with Crippen molar-refractivity contribution in [1.82, 2.24) is 0 Å². The molecule has 0 spiro atoms. The lowest BCUT2D eigenvalue weighted by Gasteiger charge is -2.38. The highest BCUT2D eigenvalue weighted by Gasteiger charge is 2.41. The van der Waals surface area contributed by atoms with Crippen LogP contribution < -0.4 is 0 Å². The number of ether oxygens (including phenoxy) is 1. The van der Waals surface area contributed by atoms with Crippen LogP contribution in [0.2, 0.25) is 0 Å². The molecule has 0 aliphatic heterocycles. The Morgan fingerprint density at radius 1 is 0.600 bits per heavy atom. The zero-order valence-electron chi connectivity index (χ0n) is 22.3. The van der Waals surface area contributed by atoms with Gasteiger partial charge in [0.15, 0.2) is 0 Å². The van der Waals surface area contributed by atoms with Crippen LogP contribution in [0.1, 0.15) is 123 Å². The van der Waals surface area contributed by atoms with Gasteiger partial charge in [0.2, 0.25) is 0 Å². The molecule has 0 rings (SSSR count). The Labute approximate surface area is 216 Å². The van der Waals surface area contributed by atoms with Gasteiger partial charge >= 0.3 is 17.2 Å². The van der Waals surface area contributed by atoms with Crippen molar-refractivity contribution in [3.63, 3.8) is 0 Å². The molecule has 0 aliphatic carbocycles. The van der Waals surface area contributed by atoms with Crippen LogP contribution in [0.15, 0.2) is 0 Å². The first-order valence-electron chi connectivity index (χ1n) is 13.8. The van der Waals surface area contributed by atoms with Gasteiger partial charge in [-0.2, -0.15) is 0 Å². The van der Waals surface area contributed by atoms with E-state index < -0.39 is 35.3 Å². The normalized spacial score (nSPS) is 13.3.